The fourth-order valence-corrected chi connectivity index (χ4v) is 3.88. The van der Waals surface area contributed by atoms with Gasteiger partial charge in [-0.25, -0.2) is 9.07 Å². The standard InChI is InChI=1S/C25H21FN4O3/c1-16-15-29(22-13-17(26)3-5-19(16)22)24-7-8-25(31)30(28-24)11-12-33-23-9-10-27-21-14-18(32-2)4-6-20(21)23/h3-10,13-15H,11-12H2,1-2H3. The Bertz CT molecular complexity index is 1540. The molecule has 0 saturated heterocycles. The Morgan fingerprint density at radius 1 is 1.03 bits per heavy atom. The molecule has 3 heterocycles. The summed E-state index contributed by atoms with van der Waals surface area (Å²) in [5.74, 6) is 1.58. The summed E-state index contributed by atoms with van der Waals surface area (Å²) in [4.78, 5) is 16.8. The van der Waals surface area contributed by atoms with Crippen LogP contribution in [0.4, 0.5) is 4.39 Å². The normalized spacial score (nSPS) is 11.2. The highest BCUT2D eigenvalue weighted by atomic mass is 19.1. The third-order valence-electron chi connectivity index (χ3n) is 5.54. The van der Waals surface area contributed by atoms with E-state index in [0.29, 0.717) is 22.8 Å². The van der Waals surface area contributed by atoms with Gasteiger partial charge >= 0.3 is 0 Å². The smallest absolute Gasteiger partial charge is 0.266 e. The number of fused-ring (bicyclic) bond motifs is 2. The average molecular weight is 444 g/mol. The summed E-state index contributed by atoms with van der Waals surface area (Å²) in [5.41, 5.74) is 2.20. The molecular weight excluding hydrogens is 423 g/mol. The number of nitrogens with zero attached hydrogens (tertiary/aromatic N) is 4. The molecule has 7 nitrogen and oxygen atoms in total. The maximum absolute atomic E-state index is 13.8. The summed E-state index contributed by atoms with van der Waals surface area (Å²) in [5, 5.41) is 6.27. The van der Waals surface area contributed by atoms with Crippen LogP contribution in [-0.2, 0) is 6.54 Å². The molecule has 0 N–H and O–H groups in total. The zero-order valence-electron chi connectivity index (χ0n) is 18.2. The number of pyridine rings is 1. The van der Waals surface area contributed by atoms with Crippen LogP contribution >= 0.6 is 0 Å². The minimum atomic E-state index is -0.328. The van der Waals surface area contributed by atoms with Crippen molar-refractivity contribution in [3.8, 4) is 17.3 Å². The van der Waals surface area contributed by atoms with Gasteiger partial charge in [-0.05, 0) is 55.0 Å². The number of benzene rings is 2. The van der Waals surface area contributed by atoms with Crippen LogP contribution in [0.2, 0.25) is 0 Å². The van der Waals surface area contributed by atoms with E-state index in [1.54, 1.807) is 36.1 Å². The predicted molar refractivity (Wildman–Crippen MR) is 124 cm³/mol. The van der Waals surface area contributed by atoms with Gasteiger partial charge < -0.3 is 9.47 Å². The molecule has 0 radical (unpaired) electrons. The molecule has 33 heavy (non-hydrogen) atoms. The van der Waals surface area contributed by atoms with E-state index >= 15 is 0 Å². The van der Waals surface area contributed by atoms with Gasteiger partial charge in [0.05, 0.1) is 24.7 Å². The highest BCUT2D eigenvalue weighted by molar-refractivity contribution is 5.86. The zero-order valence-corrected chi connectivity index (χ0v) is 18.2. The molecule has 0 atom stereocenters. The van der Waals surface area contributed by atoms with Crippen molar-refractivity contribution in [2.45, 2.75) is 13.5 Å². The topological polar surface area (TPSA) is 71.2 Å². The van der Waals surface area contributed by atoms with Crippen molar-refractivity contribution in [1.29, 1.82) is 0 Å². The second-order valence-electron chi connectivity index (χ2n) is 7.64. The third kappa shape index (κ3) is 3.91. The highest BCUT2D eigenvalue weighted by Gasteiger charge is 2.11. The largest absolute Gasteiger partial charge is 0.497 e. The van der Waals surface area contributed by atoms with Gasteiger partial charge in [0.25, 0.3) is 5.56 Å². The zero-order chi connectivity index (χ0) is 22.9. The average Bonchev–Trinajstić information content (AvgIpc) is 3.15. The number of methoxy groups -OCH3 is 1. The molecule has 0 unspecified atom stereocenters. The predicted octanol–water partition coefficient (Wildman–Crippen LogP) is 4.27. The van der Waals surface area contributed by atoms with E-state index in [4.69, 9.17) is 9.47 Å². The fraction of sp³-hybridized carbons (Fsp3) is 0.160. The molecule has 2 aromatic carbocycles. The van der Waals surface area contributed by atoms with Gasteiger partial charge in [-0.15, -0.1) is 0 Å². The minimum absolute atomic E-state index is 0.238. The van der Waals surface area contributed by atoms with E-state index in [1.807, 2.05) is 31.3 Å². The van der Waals surface area contributed by atoms with Crippen LogP contribution in [0, 0.1) is 12.7 Å². The molecule has 8 heteroatoms. The van der Waals surface area contributed by atoms with Crippen LogP contribution in [-0.4, -0.2) is 33.0 Å². The molecule has 0 aliphatic heterocycles. The van der Waals surface area contributed by atoms with Crippen LogP contribution in [0.1, 0.15) is 5.56 Å². The van der Waals surface area contributed by atoms with E-state index in [-0.39, 0.29) is 24.5 Å². The first-order valence-corrected chi connectivity index (χ1v) is 10.4. The van der Waals surface area contributed by atoms with Gasteiger partial charge in [0.15, 0.2) is 5.82 Å². The van der Waals surface area contributed by atoms with Crippen molar-refractivity contribution in [2.24, 2.45) is 0 Å². The van der Waals surface area contributed by atoms with E-state index in [2.05, 4.69) is 10.1 Å². The lowest BCUT2D eigenvalue weighted by Gasteiger charge is -2.11. The lowest BCUT2D eigenvalue weighted by atomic mass is 10.2. The first-order valence-electron chi connectivity index (χ1n) is 10.4. The Balaban J connectivity index is 1.40. The fourth-order valence-electron chi connectivity index (χ4n) is 3.88. The molecule has 5 rings (SSSR count). The SMILES string of the molecule is COc1ccc2c(OCCn3nc(-n4cc(C)c5ccc(F)cc54)ccc3=O)ccnc2c1. The lowest BCUT2D eigenvalue weighted by molar-refractivity contribution is 0.290. The van der Waals surface area contributed by atoms with Gasteiger partial charge in [-0.1, -0.05) is 0 Å². The number of aromatic nitrogens is 4. The first-order chi connectivity index (χ1) is 16.0. The van der Waals surface area contributed by atoms with E-state index < -0.39 is 0 Å². The number of hydrogen-bond acceptors (Lipinski definition) is 5. The third-order valence-corrected chi connectivity index (χ3v) is 5.54. The summed E-state index contributed by atoms with van der Waals surface area (Å²) >= 11 is 0. The van der Waals surface area contributed by atoms with E-state index in [9.17, 15) is 9.18 Å². The monoisotopic (exact) mass is 444 g/mol. The van der Waals surface area contributed by atoms with E-state index in [1.165, 1.54) is 22.9 Å². The molecular formula is C25H21FN4O3. The first kappa shape index (κ1) is 20.7. The maximum atomic E-state index is 13.8. The molecule has 0 aliphatic rings. The quantitative estimate of drug-likeness (QED) is 0.391. The second-order valence-corrected chi connectivity index (χ2v) is 7.64. The van der Waals surface area contributed by atoms with Crippen molar-refractivity contribution >= 4 is 21.8 Å². The molecule has 0 amide bonds. The van der Waals surface area contributed by atoms with Crippen LogP contribution in [0.5, 0.6) is 11.5 Å². The summed E-state index contributed by atoms with van der Waals surface area (Å²) < 4.78 is 28.2. The summed E-state index contributed by atoms with van der Waals surface area (Å²) in [6.45, 7) is 2.44. The molecule has 0 spiro atoms. The van der Waals surface area contributed by atoms with Crippen LogP contribution < -0.4 is 15.0 Å². The molecule has 166 valence electrons. The van der Waals surface area contributed by atoms with Crippen LogP contribution in [0.25, 0.3) is 27.6 Å². The summed E-state index contributed by atoms with van der Waals surface area (Å²) in [7, 11) is 1.61. The number of rotatable bonds is 6. The van der Waals surface area contributed by atoms with Crippen molar-refractivity contribution < 1.29 is 13.9 Å². The molecule has 5 aromatic rings. The van der Waals surface area contributed by atoms with Crippen molar-refractivity contribution in [3.05, 3.63) is 88.7 Å². The minimum Gasteiger partial charge on any atom is -0.497 e. The van der Waals surface area contributed by atoms with Crippen molar-refractivity contribution in [1.82, 2.24) is 19.3 Å². The second kappa shape index (κ2) is 8.38. The van der Waals surface area contributed by atoms with Crippen molar-refractivity contribution in [3.63, 3.8) is 0 Å². The number of hydrogen-bond donors (Lipinski definition) is 0. The Kier molecular flexibility index (Phi) is 5.26. The number of aryl methyl sites for hydroxylation is 1. The summed E-state index contributed by atoms with van der Waals surface area (Å²) in [6.07, 6.45) is 3.55. The molecule has 0 aliphatic carbocycles. The van der Waals surface area contributed by atoms with Gasteiger partial charge in [0, 0.05) is 35.3 Å². The van der Waals surface area contributed by atoms with Gasteiger partial charge in [-0.3, -0.25) is 14.3 Å². The van der Waals surface area contributed by atoms with Gasteiger partial charge in [0.1, 0.15) is 23.9 Å². The number of halogens is 1. The van der Waals surface area contributed by atoms with Gasteiger partial charge in [0.2, 0.25) is 0 Å². The highest BCUT2D eigenvalue weighted by Crippen LogP contribution is 2.27. The van der Waals surface area contributed by atoms with Gasteiger partial charge in [-0.2, -0.15) is 5.10 Å². The number of ether oxygens (including phenoxy) is 2. The maximum Gasteiger partial charge on any atom is 0.266 e. The van der Waals surface area contributed by atoms with Crippen LogP contribution in [0.15, 0.2) is 71.8 Å². The molecule has 0 fully saturated rings. The van der Waals surface area contributed by atoms with Crippen molar-refractivity contribution in [2.75, 3.05) is 13.7 Å². The lowest BCUT2D eigenvalue weighted by Crippen LogP contribution is -2.26. The molecule has 0 bridgehead atoms. The molecule has 3 aromatic heterocycles. The Morgan fingerprint density at radius 2 is 1.88 bits per heavy atom. The Hall–Kier alpha value is -4.20. The van der Waals surface area contributed by atoms with Crippen LogP contribution in [0.3, 0.4) is 0 Å². The summed E-state index contributed by atoms with van der Waals surface area (Å²) in [6, 6.07) is 15.1. The Labute approximate surface area is 188 Å². The Morgan fingerprint density at radius 3 is 2.73 bits per heavy atom. The molecule has 0 saturated carbocycles. The van der Waals surface area contributed by atoms with E-state index in [0.717, 1.165) is 21.9 Å².